The van der Waals surface area contributed by atoms with Gasteiger partial charge in [-0.3, -0.25) is 4.79 Å². The maximum atomic E-state index is 13.3. The molecule has 0 unspecified atom stereocenters. The summed E-state index contributed by atoms with van der Waals surface area (Å²) in [5.74, 6) is -6.39. The van der Waals surface area contributed by atoms with Crippen LogP contribution in [0.15, 0.2) is 16.6 Å². The normalized spacial score (nSPS) is 17.8. The molecule has 0 radical (unpaired) electrons. The van der Waals surface area contributed by atoms with Gasteiger partial charge in [0.05, 0.1) is 18.7 Å². The number of likely N-dealkylation sites (tertiary alicyclic amines) is 1. The van der Waals surface area contributed by atoms with Crippen LogP contribution in [0.2, 0.25) is 0 Å². The second-order valence-corrected chi connectivity index (χ2v) is 4.68. The molecule has 92 valence electrons. The van der Waals surface area contributed by atoms with E-state index in [0.29, 0.717) is 0 Å². The van der Waals surface area contributed by atoms with Gasteiger partial charge in [0.15, 0.2) is 11.6 Å². The molecule has 2 rings (SSSR count). The van der Waals surface area contributed by atoms with Crippen LogP contribution in [-0.2, 0) is 0 Å². The van der Waals surface area contributed by atoms with Crippen LogP contribution in [0.4, 0.5) is 17.6 Å². The minimum absolute atomic E-state index is 0.173. The van der Waals surface area contributed by atoms with Crippen LogP contribution in [0.5, 0.6) is 0 Å². The van der Waals surface area contributed by atoms with Crippen LogP contribution >= 0.6 is 15.9 Å². The molecule has 17 heavy (non-hydrogen) atoms. The molecule has 1 aromatic carbocycles. The average molecular weight is 312 g/mol. The lowest BCUT2D eigenvalue weighted by molar-refractivity contribution is -0.113. The summed E-state index contributed by atoms with van der Waals surface area (Å²) in [5.41, 5.74) is -0.549. The zero-order valence-electron chi connectivity index (χ0n) is 8.31. The van der Waals surface area contributed by atoms with E-state index in [4.69, 9.17) is 0 Å². The van der Waals surface area contributed by atoms with Gasteiger partial charge in [0, 0.05) is 4.47 Å². The molecule has 0 N–H and O–H groups in total. The first-order valence-corrected chi connectivity index (χ1v) is 5.41. The number of nitrogens with zero attached hydrogens (tertiary/aromatic N) is 1. The highest BCUT2D eigenvalue weighted by Gasteiger charge is 2.46. The number of carbonyl (C=O) groups is 1. The van der Waals surface area contributed by atoms with Crippen molar-refractivity contribution in [2.24, 2.45) is 0 Å². The highest BCUT2D eigenvalue weighted by molar-refractivity contribution is 9.10. The van der Waals surface area contributed by atoms with E-state index in [1.807, 2.05) is 0 Å². The second-order valence-electron chi connectivity index (χ2n) is 3.77. The molecule has 0 aromatic heterocycles. The highest BCUT2D eigenvalue weighted by Crippen LogP contribution is 2.29. The lowest BCUT2D eigenvalue weighted by Gasteiger charge is -2.38. The molecule has 0 bridgehead atoms. The number of carbonyl (C=O) groups excluding carboxylic acids is 1. The summed E-state index contributed by atoms with van der Waals surface area (Å²) < 4.78 is 51.6. The van der Waals surface area contributed by atoms with Crippen LogP contribution in [0.3, 0.4) is 0 Å². The third-order valence-electron chi connectivity index (χ3n) is 2.35. The number of benzene rings is 1. The lowest BCUT2D eigenvalue weighted by Crippen LogP contribution is -2.58. The zero-order chi connectivity index (χ0) is 12.8. The van der Waals surface area contributed by atoms with E-state index in [2.05, 4.69) is 15.9 Å². The summed E-state index contributed by atoms with van der Waals surface area (Å²) >= 11 is 2.90. The van der Waals surface area contributed by atoms with Crippen molar-refractivity contribution >= 4 is 21.8 Å². The molecule has 1 fully saturated rings. The van der Waals surface area contributed by atoms with Gasteiger partial charge >= 0.3 is 0 Å². The predicted octanol–water partition coefficient (Wildman–Crippen LogP) is 2.82. The Labute approximate surface area is 102 Å². The molecular formula is C10H6BrF4NO. The molecule has 1 aliphatic rings. The summed E-state index contributed by atoms with van der Waals surface area (Å²) in [4.78, 5) is 12.4. The fraction of sp³-hybridized carbons (Fsp3) is 0.300. The Kier molecular flexibility index (Phi) is 2.89. The lowest BCUT2D eigenvalue weighted by atomic mass is 10.1. The van der Waals surface area contributed by atoms with Gasteiger partial charge in [-0.1, -0.05) is 15.9 Å². The average Bonchev–Trinajstić information content (AvgIpc) is 2.18. The van der Waals surface area contributed by atoms with E-state index in [1.54, 1.807) is 0 Å². The molecule has 1 saturated heterocycles. The molecule has 1 amide bonds. The number of hydrogen-bond acceptors (Lipinski definition) is 1. The van der Waals surface area contributed by atoms with Crippen molar-refractivity contribution in [2.75, 3.05) is 13.1 Å². The molecule has 1 aliphatic heterocycles. The van der Waals surface area contributed by atoms with Crippen molar-refractivity contribution < 1.29 is 22.4 Å². The van der Waals surface area contributed by atoms with E-state index in [-0.39, 0.29) is 4.47 Å². The molecule has 7 heteroatoms. The van der Waals surface area contributed by atoms with Crippen LogP contribution in [0, 0.1) is 11.6 Å². The van der Waals surface area contributed by atoms with Crippen molar-refractivity contribution in [2.45, 2.75) is 5.92 Å². The molecule has 0 saturated carbocycles. The first kappa shape index (κ1) is 12.3. The Bertz CT molecular complexity index is 483. The largest absolute Gasteiger partial charge is 0.326 e. The number of alkyl halides is 2. The highest BCUT2D eigenvalue weighted by atomic mass is 79.9. The summed E-state index contributed by atoms with van der Waals surface area (Å²) in [5, 5.41) is 0. The molecule has 0 spiro atoms. The third kappa shape index (κ3) is 2.29. The van der Waals surface area contributed by atoms with E-state index >= 15 is 0 Å². The SMILES string of the molecule is O=C(c1cc(Br)cc(F)c1F)N1CC(F)(F)C1. The molecular weight excluding hydrogens is 306 g/mol. The fourth-order valence-corrected chi connectivity index (χ4v) is 1.97. The molecule has 1 aromatic rings. The van der Waals surface area contributed by atoms with Crippen molar-refractivity contribution in [3.05, 3.63) is 33.8 Å². The number of rotatable bonds is 1. The van der Waals surface area contributed by atoms with E-state index < -0.39 is 42.1 Å². The van der Waals surface area contributed by atoms with Gasteiger partial charge in [0.25, 0.3) is 11.8 Å². The Hall–Kier alpha value is -1.11. The van der Waals surface area contributed by atoms with Crippen molar-refractivity contribution in [1.82, 2.24) is 4.90 Å². The Morgan fingerprint density at radius 2 is 1.88 bits per heavy atom. The molecule has 0 atom stereocenters. The minimum atomic E-state index is -2.93. The fourth-order valence-electron chi connectivity index (χ4n) is 1.54. The monoisotopic (exact) mass is 311 g/mol. The van der Waals surface area contributed by atoms with Gasteiger partial charge in [-0.15, -0.1) is 0 Å². The third-order valence-corrected chi connectivity index (χ3v) is 2.81. The van der Waals surface area contributed by atoms with Crippen molar-refractivity contribution in [3.8, 4) is 0 Å². The topological polar surface area (TPSA) is 20.3 Å². The standard InChI is InChI=1S/C10H6BrF4NO/c11-5-1-6(8(13)7(12)2-5)9(17)16-3-10(14,15)4-16/h1-2H,3-4H2. The Balaban J connectivity index is 2.26. The van der Waals surface area contributed by atoms with Gasteiger partial charge in [0.1, 0.15) is 0 Å². The van der Waals surface area contributed by atoms with Gasteiger partial charge in [-0.25, -0.2) is 17.6 Å². The van der Waals surface area contributed by atoms with E-state index in [0.717, 1.165) is 17.0 Å². The molecule has 2 nitrogen and oxygen atoms in total. The van der Waals surface area contributed by atoms with Crippen LogP contribution in [0.1, 0.15) is 10.4 Å². The van der Waals surface area contributed by atoms with Crippen LogP contribution < -0.4 is 0 Å². The smallest absolute Gasteiger partial charge is 0.282 e. The van der Waals surface area contributed by atoms with Crippen molar-refractivity contribution in [3.63, 3.8) is 0 Å². The minimum Gasteiger partial charge on any atom is -0.326 e. The van der Waals surface area contributed by atoms with Crippen LogP contribution in [0.25, 0.3) is 0 Å². The summed E-state index contributed by atoms with van der Waals surface area (Å²) in [7, 11) is 0. The summed E-state index contributed by atoms with van der Waals surface area (Å²) in [6, 6.07) is 1.92. The first-order chi connectivity index (χ1) is 7.80. The summed E-state index contributed by atoms with van der Waals surface area (Å²) in [6.45, 7) is -1.53. The number of amides is 1. The van der Waals surface area contributed by atoms with E-state index in [9.17, 15) is 22.4 Å². The zero-order valence-corrected chi connectivity index (χ0v) is 9.90. The number of halogens is 5. The van der Waals surface area contributed by atoms with Crippen LogP contribution in [-0.4, -0.2) is 29.8 Å². The predicted molar refractivity (Wildman–Crippen MR) is 54.9 cm³/mol. The van der Waals surface area contributed by atoms with Gasteiger partial charge in [-0.05, 0) is 12.1 Å². The molecule has 1 heterocycles. The van der Waals surface area contributed by atoms with Crippen molar-refractivity contribution in [1.29, 1.82) is 0 Å². The quantitative estimate of drug-likeness (QED) is 0.577. The molecule has 0 aliphatic carbocycles. The van der Waals surface area contributed by atoms with E-state index in [1.165, 1.54) is 0 Å². The van der Waals surface area contributed by atoms with Gasteiger partial charge in [-0.2, -0.15) is 0 Å². The second kappa shape index (κ2) is 3.97. The number of hydrogen-bond donors (Lipinski definition) is 0. The Morgan fingerprint density at radius 1 is 1.29 bits per heavy atom. The first-order valence-electron chi connectivity index (χ1n) is 4.62. The summed E-state index contributed by atoms with van der Waals surface area (Å²) in [6.07, 6.45) is 0. The van der Waals surface area contributed by atoms with Gasteiger partial charge in [0.2, 0.25) is 0 Å². The van der Waals surface area contributed by atoms with Gasteiger partial charge < -0.3 is 4.90 Å². The Morgan fingerprint density at radius 3 is 2.41 bits per heavy atom. The maximum absolute atomic E-state index is 13.3. The maximum Gasteiger partial charge on any atom is 0.282 e.